The fourth-order valence-corrected chi connectivity index (χ4v) is 3.84. The summed E-state index contributed by atoms with van der Waals surface area (Å²) in [6.07, 6.45) is 8.37. The van der Waals surface area contributed by atoms with Gasteiger partial charge in [-0.15, -0.1) is 0 Å². The molecule has 2 aliphatic rings. The van der Waals surface area contributed by atoms with Crippen LogP contribution in [-0.2, 0) is 0 Å². The van der Waals surface area contributed by atoms with E-state index >= 15 is 0 Å². The molecule has 0 aromatic rings. The number of amidine groups is 1. The molecule has 17 heavy (non-hydrogen) atoms. The zero-order valence-electron chi connectivity index (χ0n) is 11.2. The predicted molar refractivity (Wildman–Crippen MR) is 77.7 cm³/mol. The summed E-state index contributed by atoms with van der Waals surface area (Å²) in [4.78, 5) is 4.66. The van der Waals surface area contributed by atoms with Gasteiger partial charge >= 0.3 is 0 Å². The van der Waals surface area contributed by atoms with Crippen molar-refractivity contribution in [3.8, 4) is 0 Å². The molecule has 2 rings (SSSR count). The number of hydrogen-bond donors (Lipinski definition) is 1. The Balaban J connectivity index is 1.86. The van der Waals surface area contributed by atoms with Crippen molar-refractivity contribution in [3.63, 3.8) is 0 Å². The van der Waals surface area contributed by atoms with Crippen LogP contribution in [0.25, 0.3) is 0 Å². The third kappa shape index (κ3) is 3.90. The third-order valence-electron chi connectivity index (χ3n) is 4.02. The van der Waals surface area contributed by atoms with Crippen molar-refractivity contribution >= 4 is 16.9 Å². The van der Waals surface area contributed by atoms with Gasteiger partial charge in [0.25, 0.3) is 0 Å². The molecule has 2 atom stereocenters. The van der Waals surface area contributed by atoms with E-state index in [1.165, 1.54) is 49.4 Å². The van der Waals surface area contributed by atoms with Crippen molar-refractivity contribution in [1.29, 1.82) is 0 Å². The highest BCUT2D eigenvalue weighted by atomic mass is 32.2. The van der Waals surface area contributed by atoms with E-state index in [0.717, 1.165) is 18.4 Å². The fraction of sp³-hybridized carbons (Fsp3) is 0.929. The Bertz CT molecular complexity index is 259. The van der Waals surface area contributed by atoms with Crippen LogP contribution in [0.2, 0.25) is 0 Å². The number of rotatable bonds is 3. The molecule has 98 valence electrons. The van der Waals surface area contributed by atoms with Gasteiger partial charge < -0.3 is 5.32 Å². The van der Waals surface area contributed by atoms with Crippen LogP contribution in [0.1, 0.15) is 52.4 Å². The molecule has 1 aliphatic heterocycles. The summed E-state index contributed by atoms with van der Waals surface area (Å²) in [7, 11) is 0. The topological polar surface area (TPSA) is 24.4 Å². The Labute approximate surface area is 110 Å². The largest absolute Gasteiger partial charge is 0.362 e. The molecule has 0 radical (unpaired) electrons. The van der Waals surface area contributed by atoms with Gasteiger partial charge in [-0.05, 0) is 31.1 Å². The minimum atomic E-state index is 0.662. The average molecular weight is 254 g/mol. The zero-order valence-corrected chi connectivity index (χ0v) is 12.1. The molecule has 0 saturated heterocycles. The van der Waals surface area contributed by atoms with Crippen LogP contribution in [-0.4, -0.2) is 23.5 Å². The van der Waals surface area contributed by atoms with Gasteiger partial charge in [0.15, 0.2) is 5.17 Å². The predicted octanol–water partition coefficient (Wildman–Crippen LogP) is 3.67. The van der Waals surface area contributed by atoms with Crippen LogP contribution in [0.5, 0.6) is 0 Å². The number of nitrogens with zero attached hydrogens (tertiary/aromatic N) is 1. The van der Waals surface area contributed by atoms with Crippen molar-refractivity contribution in [2.75, 3.05) is 12.3 Å². The van der Waals surface area contributed by atoms with E-state index in [2.05, 4.69) is 24.2 Å². The van der Waals surface area contributed by atoms with Crippen LogP contribution in [0, 0.1) is 11.8 Å². The minimum absolute atomic E-state index is 0.662. The van der Waals surface area contributed by atoms with E-state index in [-0.39, 0.29) is 0 Å². The Kier molecular flexibility index (Phi) is 5.20. The molecule has 1 heterocycles. The summed E-state index contributed by atoms with van der Waals surface area (Å²) < 4.78 is 0. The summed E-state index contributed by atoms with van der Waals surface area (Å²) in [5, 5.41) is 4.92. The molecule has 3 heteroatoms. The van der Waals surface area contributed by atoms with Crippen molar-refractivity contribution in [2.24, 2.45) is 16.8 Å². The van der Waals surface area contributed by atoms with Crippen LogP contribution in [0.15, 0.2) is 4.99 Å². The highest BCUT2D eigenvalue weighted by molar-refractivity contribution is 8.13. The van der Waals surface area contributed by atoms with Gasteiger partial charge in [0.2, 0.25) is 0 Å². The normalized spacial score (nSPS) is 28.6. The van der Waals surface area contributed by atoms with Gasteiger partial charge in [-0.3, -0.25) is 4.99 Å². The lowest BCUT2D eigenvalue weighted by atomic mass is 9.83. The first-order valence-electron chi connectivity index (χ1n) is 7.23. The van der Waals surface area contributed by atoms with Crippen LogP contribution >= 0.6 is 11.8 Å². The first kappa shape index (κ1) is 13.3. The first-order valence-corrected chi connectivity index (χ1v) is 8.22. The van der Waals surface area contributed by atoms with Gasteiger partial charge in [0.05, 0.1) is 0 Å². The van der Waals surface area contributed by atoms with Crippen molar-refractivity contribution in [2.45, 2.75) is 58.4 Å². The Morgan fingerprint density at radius 2 is 2.12 bits per heavy atom. The summed E-state index contributed by atoms with van der Waals surface area (Å²) in [6, 6.07) is 0.662. The van der Waals surface area contributed by atoms with Crippen LogP contribution < -0.4 is 5.32 Å². The molecular formula is C14H26N2S. The molecule has 0 aromatic heterocycles. The number of hydrogen-bond acceptors (Lipinski definition) is 3. The lowest BCUT2D eigenvalue weighted by molar-refractivity contribution is 0.284. The highest BCUT2D eigenvalue weighted by Crippen LogP contribution is 2.28. The molecule has 0 bridgehead atoms. The van der Waals surface area contributed by atoms with Gasteiger partial charge in [-0.2, -0.15) is 0 Å². The zero-order chi connectivity index (χ0) is 12.1. The Morgan fingerprint density at radius 1 is 1.35 bits per heavy atom. The maximum Gasteiger partial charge on any atom is 0.156 e. The van der Waals surface area contributed by atoms with Crippen LogP contribution in [0.3, 0.4) is 0 Å². The van der Waals surface area contributed by atoms with E-state index in [0.29, 0.717) is 6.04 Å². The first-order chi connectivity index (χ1) is 8.29. The maximum absolute atomic E-state index is 4.66. The van der Waals surface area contributed by atoms with E-state index in [1.807, 2.05) is 11.8 Å². The molecular weight excluding hydrogens is 228 g/mol. The fourth-order valence-electron chi connectivity index (χ4n) is 2.89. The number of thioether (sulfide) groups is 1. The van der Waals surface area contributed by atoms with Gasteiger partial charge in [-0.25, -0.2) is 0 Å². The Morgan fingerprint density at radius 3 is 2.71 bits per heavy atom. The summed E-state index contributed by atoms with van der Waals surface area (Å²) in [5.74, 6) is 2.86. The van der Waals surface area contributed by atoms with E-state index in [4.69, 9.17) is 0 Å². The number of nitrogens with one attached hydrogen (secondary N) is 1. The second kappa shape index (κ2) is 6.67. The lowest BCUT2D eigenvalue weighted by Crippen LogP contribution is -2.40. The van der Waals surface area contributed by atoms with Crippen LogP contribution in [0.4, 0.5) is 0 Å². The molecule has 2 nitrogen and oxygen atoms in total. The van der Waals surface area contributed by atoms with Gasteiger partial charge in [-0.1, -0.05) is 44.9 Å². The van der Waals surface area contributed by atoms with E-state index in [9.17, 15) is 0 Å². The number of aliphatic imine (C=N–C) groups is 1. The maximum atomic E-state index is 4.66. The summed E-state index contributed by atoms with van der Waals surface area (Å²) in [5.41, 5.74) is 0. The van der Waals surface area contributed by atoms with E-state index < -0.39 is 0 Å². The highest BCUT2D eigenvalue weighted by Gasteiger charge is 2.24. The lowest BCUT2D eigenvalue weighted by Gasteiger charge is -2.32. The van der Waals surface area contributed by atoms with Gasteiger partial charge in [0.1, 0.15) is 0 Å². The molecule has 1 aliphatic carbocycles. The second-order valence-corrected chi connectivity index (χ2v) is 6.63. The third-order valence-corrected chi connectivity index (χ3v) is 5.27. The Hall–Kier alpha value is -0.180. The summed E-state index contributed by atoms with van der Waals surface area (Å²) in [6.45, 7) is 5.60. The monoisotopic (exact) mass is 254 g/mol. The smallest absolute Gasteiger partial charge is 0.156 e. The molecule has 1 N–H and O–H groups in total. The second-order valence-electron chi connectivity index (χ2n) is 5.62. The van der Waals surface area contributed by atoms with E-state index in [1.54, 1.807) is 0 Å². The summed E-state index contributed by atoms with van der Waals surface area (Å²) >= 11 is 1.92. The molecule has 2 unspecified atom stereocenters. The minimum Gasteiger partial charge on any atom is -0.362 e. The molecule has 1 saturated carbocycles. The molecule has 0 aromatic carbocycles. The molecule has 1 fully saturated rings. The standard InChI is InChI=1S/C14H26N2S/c1-3-13(12-7-5-4-6-8-12)16-14-15-9-11(2)10-17-14/h11-13H,3-10H2,1-2H3,(H,15,16). The van der Waals surface area contributed by atoms with Crippen molar-refractivity contribution < 1.29 is 0 Å². The SMILES string of the molecule is CCC(NC1=NCC(C)CS1)C1CCCCC1. The quantitative estimate of drug-likeness (QED) is 0.831. The van der Waals surface area contributed by atoms with Gasteiger partial charge in [0, 0.05) is 18.3 Å². The van der Waals surface area contributed by atoms with Crippen molar-refractivity contribution in [3.05, 3.63) is 0 Å². The molecule has 0 amide bonds. The average Bonchev–Trinajstić information content (AvgIpc) is 2.39. The van der Waals surface area contributed by atoms with Crippen molar-refractivity contribution in [1.82, 2.24) is 5.32 Å². The molecule has 0 spiro atoms.